The van der Waals surface area contributed by atoms with Gasteiger partial charge in [0, 0.05) is 25.6 Å². The Morgan fingerprint density at radius 3 is 2.48 bits per heavy atom. The van der Waals surface area contributed by atoms with Gasteiger partial charge in [-0.15, -0.1) is 0 Å². The predicted octanol–water partition coefficient (Wildman–Crippen LogP) is 3.36. The van der Waals surface area contributed by atoms with Crippen molar-refractivity contribution in [3.8, 4) is 0 Å². The van der Waals surface area contributed by atoms with Crippen molar-refractivity contribution >= 4 is 11.8 Å². The van der Waals surface area contributed by atoms with Crippen LogP contribution >= 0.6 is 0 Å². The van der Waals surface area contributed by atoms with Gasteiger partial charge in [-0.25, -0.2) is 0 Å². The van der Waals surface area contributed by atoms with Crippen LogP contribution in [0.1, 0.15) is 57.8 Å². The quantitative estimate of drug-likeness (QED) is 0.771. The molecule has 1 saturated carbocycles. The molecule has 0 spiro atoms. The molecule has 2 amide bonds. The first-order valence-electron chi connectivity index (χ1n) is 9.48. The minimum atomic E-state index is -4.41. The van der Waals surface area contributed by atoms with E-state index in [0.29, 0.717) is 12.5 Å². The van der Waals surface area contributed by atoms with E-state index in [4.69, 9.17) is 0 Å². The molecular weight excluding hydrogens is 333 g/mol. The third kappa shape index (κ3) is 4.67. The summed E-state index contributed by atoms with van der Waals surface area (Å²) in [6.45, 7) is -0.662. The molecule has 142 valence electrons. The number of nitrogens with zero attached hydrogens (tertiary/aromatic N) is 2. The SMILES string of the molecule is O=C1CC(C(=O)N2CCCC2CC2CCCCC2)CN1CC(F)(F)F. The molecule has 25 heavy (non-hydrogen) atoms. The van der Waals surface area contributed by atoms with E-state index in [0.717, 1.165) is 24.2 Å². The van der Waals surface area contributed by atoms with Gasteiger partial charge in [0.1, 0.15) is 6.54 Å². The van der Waals surface area contributed by atoms with Gasteiger partial charge in [-0.1, -0.05) is 32.1 Å². The summed E-state index contributed by atoms with van der Waals surface area (Å²) in [6.07, 6.45) is 4.71. The van der Waals surface area contributed by atoms with Crippen LogP contribution in [0.3, 0.4) is 0 Å². The lowest BCUT2D eigenvalue weighted by atomic mass is 9.84. The van der Waals surface area contributed by atoms with Gasteiger partial charge in [0.2, 0.25) is 11.8 Å². The molecule has 2 unspecified atom stereocenters. The van der Waals surface area contributed by atoms with E-state index in [-0.39, 0.29) is 24.9 Å². The number of halogens is 3. The predicted molar refractivity (Wildman–Crippen MR) is 86.7 cm³/mol. The Labute approximate surface area is 146 Å². The molecule has 0 aromatic heterocycles. The second-order valence-corrected chi connectivity index (χ2v) is 7.86. The molecule has 0 aromatic rings. The van der Waals surface area contributed by atoms with Crippen LogP contribution in [0.15, 0.2) is 0 Å². The molecular formula is C18H27F3N2O2. The molecule has 7 heteroatoms. The number of hydrogen-bond acceptors (Lipinski definition) is 2. The number of carbonyl (C=O) groups is 2. The number of amides is 2. The van der Waals surface area contributed by atoms with Crippen LogP contribution in [0.4, 0.5) is 13.2 Å². The van der Waals surface area contributed by atoms with Crippen molar-refractivity contribution in [1.29, 1.82) is 0 Å². The summed E-state index contributed by atoms with van der Waals surface area (Å²) in [6, 6.07) is 0.211. The van der Waals surface area contributed by atoms with Crippen LogP contribution in [-0.2, 0) is 9.59 Å². The van der Waals surface area contributed by atoms with E-state index >= 15 is 0 Å². The van der Waals surface area contributed by atoms with E-state index in [1.165, 1.54) is 32.1 Å². The molecule has 2 atom stereocenters. The highest BCUT2D eigenvalue weighted by atomic mass is 19.4. The van der Waals surface area contributed by atoms with Crippen molar-refractivity contribution in [3.05, 3.63) is 0 Å². The first-order chi connectivity index (χ1) is 11.8. The van der Waals surface area contributed by atoms with Gasteiger partial charge in [0.15, 0.2) is 0 Å². The Morgan fingerprint density at radius 1 is 1.08 bits per heavy atom. The van der Waals surface area contributed by atoms with Crippen LogP contribution in [0.5, 0.6) is 0 Å². The maximum absolute atomic E-state index is 12.8. The van der Waals surface area contributed by atoms with E-state index in [1.54, 1.807) is 0 Å². The minimum absolute atomic E-state index is 0.0818. The smallest absolute Gasteiger partial charge is 0.339 e. The molecule has 2 saturated heterocycles. The second kappa shape index (κ2) is 7.54. The van der Waals surface area contributed by atoms with Gasteiger partial charge in [-0.05, 0) is 25.2 Å². The van der Waals surface area contributed by atoms with Crippen molar-refractivity contribution in [2.75, 3.05) is 19.6 Å². The van der Waals surface area contributed by atoms with Gasteiger partial charge >= 0.3 is 6.18 Å². The van der Waals surface area contributed by atoms with Gasteiger partial charge in [0.05, 0.1) is 5.92 Å². The lowest BCUT2D eigenvalue weighted by Gasteiger charge is -2.31. The summed E-state index contributed by atoms with van der Waals surface area (Å²) in [5.41, 5.74) is 0. The fraction of sp³-hybridized carbons (Fsp3) is 0.889. The molecule has 0 aromatic carbocycles. The fourth-order valence-electron chi connectivity index (χ4n) is 4.72. The molecule has 3 fully saturated rings. The monoisotopic (exact) mass is 360 g/mol. The minimum Gasteiger partial charge on any atom is -0.339 e. The zero-order valence-corrected chi connectivity index (χ0v) is 14.6. The van der Waals surface area contributed by atoms with E-state index in [2.05, 4.69) is 0 Å². The molecule has 3 rings (SSSR count). The van der Waals surface area contributed by atoms with Crippen LogP contribution < -0.4 is 0 Å². The Bertz CT molecular complexity index is 503. The van der Waals surface area contributed by atoms with Crippen LogP contribution in [0.2, 0.25) is 0 Å². The molecule has 1 aliphatic carbocycles. The standard InChI is InChI=1S/C18H27F3N2O2/c19-18(20,21)12-22-11-14(10-16(22)24)17(25)23-8-4-7-15(23)9-13-5-2-1-3-6-13/h13-15H,1-12H2. The highest BCUT2D eigenvalue weighted by molar-refractivity contribution is 5.89. The topological polar surface area (TPSA) is 40.6 Å². The van der Waals surface area contributed by atoms with E-state index in [9.17, 15) is 22.8 Å². The van der Waals surface area contributed by atoms with Crippen LogP contribution in [-0.4, -0.2) is 53.5 Å². The highest BCUT2D eigenvalue weighted by Gasteiger charge is 2.43. The third-order valence-corrected chi connectivity index (χ3v) is 5.92. The molecule has 4 nitrogen and oxygen atoms in total. The number of likely N-dealkylation sites (tertiary alicyclic amines) is 2. The maximum atomic E-state index is 12.8. The van der Waals surface area contributed by atoms with Gasteiger partial charge in [-0.2, -0.15) is 13.2 Å². The number of hydrogen-bond donors (Lipinski definition) is 0. The number of carbonyl (C=O) groups excluding carboxylic acids is 2. The normalized spacial score (nSPS) is 28.8. The average Bonchev–Trinajstić information content (AvgIpc) is 3.14. The molecule has 0 radical (unpaired) electrons. The summed E-state index contributed by atoms with van der Waals surface area (Å²) in [4.78, 5) is 27.3. The molecule has 2 aliphatic heterocycles. The highest BCUT2D eigenvalue weighted by Crippen LogP contribution is 2.34. The second-order valence-electron chi connectivity index (χ2n) is 7.86. The lowest BCUT2D eigenvalue weighted by Crippen LogP contribution is -2.42. The lowest BCUT2D eigenvalue weighted by molar-refractivity contribution is -0.157. The Morgan fingerprint density at radius 2 is 1.80 bits per heavy atom. The average molecular weight is 360 g/mol. The van der Waals surface area contributed by atoms with Crippen LogP contribution in [0, 0.1) is 11.8 Å². The van der Waals surface area contributed by atoms with Gasteiger partial charge in [0.25, 0.3) is 0 Å². The molecule has 2 heterocycles. The first kappa shape index (κ1) is 18.5. The Kier molecular flexibility index (Phi) is 5.58. The van der Waals surface area contributed by atoms with Crippen LogP contribution in [0.25, 0.3) is 0 Å². The van der Waals surface area contributed by atoms with Crippen molar-refractivity contribution in [2.24, 2.45) is 11.8 Å². The molecule has 0 N–H and O–H groups in total. The largest absolute Gasteiger partial charge is 0.406 e. The maximum Gasteiger partial charge on any atom is 0.406 e. The summed E-state index contributed by atoms with van der Waals surface area (Å²) in [5.74, 6) is -0.615. The molecule has 3 aliphatic rings. The fourth-order valence-corrected chi connectivity index (χ4v) is 4.72. The van der Waals surface area contributed by atoms with Crippen molar-refractivity contribution < 1.29 is 22.8 Å². The third-order valence-electron chi connectivity index (χ3n) is 5.92. The summed E-state index contributed by atoms with van der Waals surface area (Å²) in [7, 11) is 0. The Hall–Kier alpha value is -1.27. The Balaban J connectivity index is 1.57. The zero-order chi connectivity index (χ0) is 18.0. The summed E-state index contributed by atoms with van der Waals surface area (Å²) < 4.78 is 37.6. The first-order valence-corrected chi connectivity index (χ1v) is 9.48. The summed E-state index contributed by atoms with van der Waals surface area (Å²) >= 11 is 0. The molecule has 0 bridgehead atoms. The van der Waals surface area contributed by atoms with E-state index in [1.807, 2.05) is 4.90 Å². The van der Waals surface area contributed by atoms with Gasteiger partial charge < -0.3 is 9.80 Å². The van der Waals surface area contributed by atoms with Crippen molar-refractivity contribution in [2.45, 2.75) is 70.0 Å². The number of alkyl halides is 3. The van der Waals surface area contributed by atoms with E-state index < -0.39 is 24.5 Å². The van der Waals surface area contributed by atoms with Crippen molar-refractivity contribution in [1.82, 2.24) is 9.80 Å². The van der Waals surface area contributed by atoms with Crippen molar-refractivity contribution in [3.63, 3.8) is 0 Å². The van der Waals surface area contributed by atoms with Gasteiger partial charge in [-0.3, -0.25) is 9.59 Å². The number of rotatable bonds is 4. The summed E-state index contributed by atoms with van der Waals surface area (Å²) in [5, 5.41) is 0. The zero-order valence-electron chi connectivity index (χ0n) is 14.6.